The summed E-state index contributed by atoms with van der Waals surface area (Å²) < 4.78 is 0. The first-order valence-corrected chi connectivity index (χ1v) is 7.86. The van der Waals surface area contributed by atoms with Gasteiger partial charge in [-0.1, -0.05) is 12.2 Å². The standard InChI is InChI=1S/C16H25N5O3/c1-5-7-20(8-6-2)9-12(22)10-21-11-17-14-13(21)15(23)19(4)16(24)18(14)3/h5-6,11-14,22H,1-2,7-10H2,3-4H3/t12-,13+,14-/m0/s1. The van der Waals surface area contributed by atoms with E-state index in [9.17, 15) is 14.7 Å². The third kappa shape index (κ3) is 3.49. The zero-order valence-corrected chi connectivity index (χ0v) is 14.2. The van der Waals surface area contributed by atoms with Crippen molar-refractivity contribution in [2.45, 2.75) is 18.3 Å². The molecule has 132 valence electrons. The predicted octanol–water partition coefficient (Wildman–Crippen LogP) is -0.416. The van der Waals surface area contributed by atoms with E-state index in [1.807, 2.05) is 4.90 Å². The van der Waals surface area contributed by atoms with E-state index in [-0.39, 0.29) is 18.5 Å². The highest BCUT2D eigenvalue weighted by Gasteiger charge is 2.48. The fourth-order valence-corrected chi connectivity index (χ4v) is 3.05. The topological polar surface area (TPSA) is 79.7 Å². The van der Waals surface area contributed by atoms with Crippen LogP contribution in [0.25, 0.3) is 0 Å². The van der Waals surface area contributed by atoms with Gasteiger partial charge in [-0.25, -0.2) is 9.79 Å². The lowest BCUT2D eigenvalue weighted by Gasteiger charge is -2.40. The average Bonchev–Trinajstić information content (AvgIpc) is 2.95. The van der Waals surface area contributed by atoms with E-state index >= 15 is 0 Å². The first-order valence-electron chi connectivity index (χ1n) is 7.86. The second-order valence-corrected chi connectivity index (χ2v) is 6.06. The van der Waals surface area contributed by atoms with Crippen molar-refractivity contribution in [2.75, 3.05) is 40.3 Å². The highest BCUT2D eigenvalue weighted by atomic mass is 16.3. The first-order chi connectivity index (χ1) is 11.4. The number of aliphatic hydroxyl groups excluding tert-OH is 1. The van der Waals surface area contributed by atoms with Crippen molar-refractivity contribution in [3.05, 3.63) is 25.3 Å². The van der Waals surface area contributed by atoms with Gasteiger partial charge in [0, 0.05) is 40.3 Å². The van der Waals surface area contributed by atoms with E-state index in [0.717, 1.165) is 4.90 Å². The number of nitrogens with zero attached hydrogens (tertiary/aromatic N) is 5. The second kappa shape index (κ2) is 7.59. The minimum absolute atomic E-state index is 0.261. The number of β-amino-alcohol motifs (C(OH)–C–C–N with tert-alkyl or cyclic N) is 1. The second-order valence-electron chi connectivity index (χ2n) is 6.06. The minimum Gasteiger partial charge on any atom is -0.390 e. The molecular weight excluding hydrogens is 310 g/mol. The Kier molecular flexibility index (Phi) is 5.74. The lowest BCUT2D eigenvalue weighted by molar-refractivity contribution is -0.136. The Labute approximate surface area is 142 Å². The zero-order valence-electron chi connectivity index (χ0n) is 14.2. The fourth-order valence-electron chi connectivity index (χ4n) is 3.05. The molecule has 2 rings (SSSR count). The van der Waals surface area contributed by atoms with Crippen LogP contribution in [0.4, 0.5) is 4.79 Å². The van der Waals surface area contributed by atoms with Gasteiger partial charge in [0.15, 0.2) is 12.2 Å². The molecule has 0 unspecified atom stereocenters. The van der Waals surface area contributed by atoms with Gasteiger partial charge in [0.25, 0.3) is 5.91 Å². The molecule has 0 aromatic carbocycles. The quantitative estimate of drug-likeness (QED) is 0.610. The maximum absolute atomic E-state index is 12.4. The van der Waals surface area contributed by atoms with Crippen molar-refractivity contribution in [1.29, 1.82) is 0 Å². The SMILES string of the molecule is C=CCN(CC=C)C[C@H](O)CN1C=N[C@@H]2[C@@H]1C(=O)N(C)C(=O)N2C. The Bertz CT molecular complexity index is 540. The van der Waals surface area contributed by atoms with Gasteiger partial charge >= 0.3 is 6.03 Å². The van der Waals surface area contributed by atoms with Gasteiger partial charge in [-0.2, -0.15) is 0 Å². The molecule has 8 heteroatoms. The average molecular weight is 335 g/mol. The molecule has 1 N–H and O–H groups in total. The van der Waals surface area contributed by atoms with Crippen LogP contribution in [0.2, 0.25) is 0 Å². The van der Waals surface area contributed by atoms with E-state index in [4.69, 9.17) is 0 Å². The third-order valence-corrected chi connectivity index (χ3v) is 4.24. The number of rotatable bonds is 8. The molecule has 0 saturated carbocycles. The van der Waals surface area contributed by atoms with E-state index in [2.05, 4.69) is 18.2 Å². The van der Waals surface area contributed by atoms with Gasteiger partial charge in [-0.15, -0.1) is 13.2 Å². The van der Waals surface area contributed by atoms with Gasteiger partial charge in [-0.3, -0.25) is 14.6 Å². The number of aliphatic hydroxyl groups is 1. The Morgan fingerprint density at radius 2 is 1.96 bits per heavy atom. The zero-order chi connectivity index (χ0) is 17.9. The number of imide groups is 1. The van der Waals surface area contributed by atoms with E-state index in [1.165, 1.54) is 11.9 Å². The molecule has 0 spiro atoms. The monoisotopic (exact) mass is 335 g/mol. The number of carbonyl (C=O) groups is 2. The number of carbonyl (C=O) groups excluding carboxylic acids is 2. The highest BCUT2D eigenvalue weighted by Crippen LogP contribution is 2.24. The Morgan fingerprint density at radius 3 is 2.54 bits per heavy atom. The summed E-state index contributed by atoms with van der Waals surface area (Å²) in [6.45, 7) is 9.38. The maximum atomic E-state index is 12.4. The summed E-state index contributed by atoms with van der Waals surface area (Å²) in [6.07, 6.45) is 3.88. The Morgan fingerprint density at radius 1 is 1.33 bits per heavy atom. The number of amides is 3. The van der Waals surface area contributed by atoms with Crippen LogP contribution in [0.3, 0.4) is 0 Å². The number of urea groups is 1. The maximum Gasteiger partial charge on any atom is 0.328 e. The molecule has 0 aromatic rings. The molecule has 1 fully saturated rings. The predicted molar refractivity (Wildman–Crippen MR) is 91.5 cm³/mol. The number of hydrogen-bond donors (Lipinski definition) is 1. The molecule has 0 bridgehead atoms. The summed E-state index contributed by atoms with van der Waals surface area (Å²) in [7, 11) is 3.08. The van der Waals surface area contributed by atoms with E-state index in [0.29, 0.717) is 19.6 Å². The molecular formula is C16H25N5O3. The smallest absolute Gasteiger partial charge is 0.328 e. The van der Waals surface area contributed by atoms with Crippen LogP contribution in [0, 0.1) is 0 Å². The number of hydrogen-bond acceptors (Lipinski definition) is 6. The van der Waals surface area contributed by atoms with Gasteiger partial charge in [0.1, 0.15) is 0 Å². The molecule has 2 heterocycles. The van der Waals surface area contributed by atoms with Gasteiger partial charge in [-0.05, 0) is 0 Å². The van der Waals surface area contributed by atoms with Crippen molar-refractivity contribution >= 4 is 18.3 Å². The molecule has 0 aliphatic carbocycles. The molecule has 2 aliphatic heterocycles. The van der Waals surface area contributed by atoms with Crippen LogP contribution in [-0.2, 0) is 4.79 Å². The third-order valence-electron chi connectivity index (χ3n) is 4.24. The lowest BCUT2D eigenvalue weighted by atomic mass is 10.1. The van der Waals surface area contributed by atoms with Crippen molar-refractivity contribution < 1.29 is 14.7 Å². The molecule has 3 atom stereocenters. The van der Waals surface area contributed by atoms with Crippen molar-refractivity contribution in [2.24, 2.45) is 4.99 Å². The molecule has 24 heavy (non-hydrogen) atoms. The van der Waals surface area contributed by atoms with Gasteiger partial charge in [0.2, 0.25) is 0 Å². The van der Waals surface area contributed by atoms with E-state index in [1.54, 1.807) is 30.4 Å². The molecule has 0 aromatic heterocycles. The summed E-state index contributed by atoms with van der Waals surface area (Å²) >= 11 is 0. The van der Waals surface area contributed by atoms with Crippen molar-refractivity contribution in [3.63, 3.8) is 0 Å². The largest absolute Gasteiger partial charge is 0.390 e. The minimum atomic E-state index is -0.670. The van der Waals surface area contributed by atoms with E-state index < -0.39 is 18.3 Å². The van der Waals surface area contributed by atoms with Crippen molar-refractivity contribution in [1.82, 2.24) is 19.6 Å². The Hall–Kier alpha value is -2.19. The molecule has 1 saturated heterocycles. The number of fused-ring (bicyclic) bond motifs is 1. The molecule has 0 radical (unpaired) electrons. The van der Waals surface area contributed by atoms with Crippen molar-refractivity contribution in [3.8, 4) is 0 Å². The lowest BCUT2D eigenvalue weighted by Crippen LogP contribution is -2.64. The first kappa shape index (κ1) is 18.2. The molecule has 8 nitrogen and oxygen atoms in total. The van der Waals surface area contributed by atoms with Crippen LogP contribution in [0.15, 0.2) is 30.3 Å². The summed E-state index contributed by atoms with van der Waals surface area (Å²) in [6, 6.07) is -0.955. The summed E-state index contributed by atoms with van der Waals surface area (Å²) in [5.74, 6) is -0.304. The molecule has 3 amide bonds. The van der Waals surface area contributed by atoms with Crippen LogP contribution in [-0.4, -0.2) is 102 Å². The fraction of sp³-hybridized carbons (Fsp3) is 0.562. The summed E-state index contributed by atoms with van der Waals surface area (Å²) in [4.78, 5) is 34.9. The Balaban J connectivity index is 2.01. The highest BCUT2D eigenvalue weighted by molar-refractivity contribution is 6.01. The van der Waals surface area contributed by atoms with Crippen LogP contribution < -0.4 is 0 Å². The summed E-state index contributed by atoms with van der Waals surface area (Å²) in [5.41, 5.74) is 0. The van der Waals surface area contributed by atoms with Crippen LogP contribution >= 0.6 is 0 Å². The molecule has 2 aliphatic rings. The number of aliphatic imine (C=N–C) groups is 1. The van der Waals surface area contributed by atoms with Gasteiger partial charge in [0.05, 0.1) is 12.4 Å². The summed E-state index contributed by atoms with van der Waals surface area (Å²) in [5, 5.41) is 10.4. The van der Waals surface area contributed by atoms with Gasteiger partial charge < -0.3 is 14.9 Å². The normalized spacial score (nSPS) is 24.6. The van der Waals surface area contributed by atoms with Crippen LogP contribution in [0.1, 0.15) is 0 Å². The number of likely N-dealkylation sites (N-methyl/N-ethyl adjacent to an activating group) is 2. The van der Waals surface area contributed by atoms with Crippen LogP contribution in [0.5, 0.6) is 0 Å².